The number of fused-ring (bicyclic) bond motifs is 10. The second-order valence-corrected chi connectivity index (χ2v) is 39.8. The number of carbonyl (C=O) groups excluding carboxylic acids is 2. The number of allylic oxidation sites excluding steroid dienone is 2. The van der Waals surface area contributed by atoms with Gasteiger partial charge in [-0.3, -0.25) is 29.2 Å². The molecule has 2 amide bonds. The summed E-state index contributed by atoms with van der Waals surface area (Å²) in [6.07, 6.45) is 18.5. The van der Waals surface area contributed by atoms with E-state index in [1.807, 2.05) is 38.1 Å². The van der Waals surface area contributed by atoms with Crippen LogP contribution in [-0.2, 0) is 53.2 Å². The van der Waals surface area contributed by atoms with Crippen LogP contribution >= 0.6 is 23.2 Å². The highest BCUT2D eigenvalue weighted by atomic mass is 35.5. The molecule has 26 heteroatoms. The number of carbonyl (C=O) groups is 2. The Hall–Kier alpha value is -5.54. The van der Waals surface area contributed by atoms with Gasteiger partial charge in [-0.05, 0) is 209 Å². The zero-order valence-corrected chi connectivity index (χ0v) is 67.6. The molecule has 8 aliphatic heterocycles. The zero-order chi connectivity index (χ0) is 77.5. The molecule has 2 saturated carbocycles. The van der Waals surface area contributed by atoms with Gasteiger partial charge >= 0.3 is 0 Å². The normalized spacial score (nSPS) is 35.6. The van der Waals surface area contributed by atoms with Crippen molar-refractivity contribution in [1.29, 1.82) is 0 Å². The van der Waals surface area contributed by atoms with E-state index in [1.165, 1.54) is 22.3 Å². The van der Waals surface area contributed by atoms with Crippen LogP contribution in [0.3, 0.4) is 0 Å². The molecule has 0 radical (unpaired) electrons. The Morgan fingerprint density at radius 3 is 1.34 bits per heavy atom. The average molecular weight is 1600 g/mol. The Morgan fingerprint density at radius 2 is 0.945 bits per heavy atom. The molecule has 110 heavy (non-hydrogen) atoms. The summed E-state index contributed by atoms with van der Waals surface area (Å²) in [4.78, 5) is 41.1. The first-order valence-electron chi connectivity index (χ1n) is 40.3. The van der Waals surface area contributed by atoms with Crippen molar-refractivity contribution in [2.75, 3.05) is 129 Å². The van der Waals surface area contributed by atoms with Gasteiger partial charge in [0.1, 0.15) is 22.7 Å². The van der Waals surface area contributed by atoms with Gasteiger partial charge in [-0.1, -0.05) is 73.5 Å². The predicted octanol–water partition coefficient (Wildman–Crippen LogP) is 13.4. The van der Waals surface area contributed by atoms with E-state index in [9.17, 15) is 44.0 Å². The van der Waals surface area contributed by atoms with Crippen LogP contribution in [0.5, 0.6) is 11.5 Å². The Balaban J connectivity index is 0.000000175. The van der Waals surface area contributed by atoms with Gasteiger partial charge in [-0.15, -0.1) is 0 Å². The molecule has 6 fully saturated rings. The monoisotopic (exact) mass is 1600 g/mol. The summed E-state index contributed by atoms with van der Waals surface area (Å²) >= 11 is 13.0. The molecule has 2 spiro atoms. The van der Waals surface area contributed by atoms with Crippen LogP contribution in [0.25, 0.3) is 0 Å². The minimum absolute atomic E-state index is 0.0826. The molecule has 4 aliphatic carbocycles. The SMILES string of the molecule is CO[C@@]1(CN2CCN3CCC(F)(F)C[C@@H]3C2)/C=C/C[C@H](C)[C@@H](C)S(=O)(=O)NC(=O)c2ccc3c(c2)N(C[C@@H]2CC[C@H]21)C[C@@]1(CCCc2cc(Cl)ccc21)CO3.CO[C@@]1(CN2CCN3CCC(F)(F)C[C@H]3C2)/C=C/C[C@H](C)[C@@H](C)S(=O)(=O)NC(=O)c2ccc3c(c2)N(C[C@@H]2CC[C@H]21)C[C@@]1(CCCc2cc(Cl)ccc21)CO3. The molecule has 4 bridgehead atoms. The number of nitrogens with one attached hydrogen (secondary N) is 2. The highest BCUT2D eigenvalue weighted by Gasteiger charge is 2.55. The fraction of sp³-hybridized carbons (Fsp3) is 0.643. The lowest BCUT2D eigenvalue weighted by Crippen LogP contribution is -2.62. The first-order valence-corrected chi connectivity index (χ1v) is 44.1. The molecule has 2 N–H and O–H groups in total. The van der Waals surface area contributed by atoms with Crippen molar-refractivity contribution in [3.05, 3.63) is 141 Å². The number of piperidine rings is 2. The Kier molecular flexibility index (Phi) is 22.6. The molecule has 14 atom stereocenters. The molecule has 8 heterocycles. The quantitative estimate of drug-likeness (QED) is 0.137. The molecule has 4 aromatic rings. The summed E-state index contributed by atoms with van der Waals surface area (Å²) in [7, 11) is -4.52. The Labute approximate surface area is 657 Å². The van der Waals surface area contributed by atoms with Crippen molar-refractivity contribution in [3.63, 3.8) is 0 Å². The largest absolute Gasteiger partial charge is 0.490 e. The summed E-state index contributed by atoms with van der Waals surface area (Å²) in [6.45, 7) is 16.8. The van der Waals surface area contributed by atoms with Gasteiger partial charge in [0.05, 0.1) is 35.1 Å². The van der Waals surface area contributed by atoms with Crippen molar-refractivity contribution in [3.8, 4) is 11.5 Å². The zero-order valence-electron chi connectivity index (χ0n) is 64.5. The van der Waals surface area contributed by atoms with Crippen molar-refractivity contribution < 1.29 is 62.9 Å². The van der Waals surface area contributed by atoms with Gasteiger partial charge < -0.3 is 28.7 Å². The molecule has 4 saturated heterocycles. The number of alkyl halides is 4. The van der Waals surface area contributed by atoms with Gasteiger partial charge in [-0.25, -0.2) is 43.8 Å². The van der Waals surface area contributed by atoms with E-state index in [2.05, 4.69) is 75.3 Å². The van der Waals surface area contributed by atoms with Gasteiger partial charge in [0.2, 0.25) is 20.0 Å². The van der Waals surface area contributed by atoms with Crippen molar-refractivity contribution in [2.45, 2.75) is 187 Å². The standard InChI is InChI=1S/2C42H55ClF2N4O5S/c2*1-28-6-4-15-41(53-3,26-47-18-19-48-17-16-42(44,45)22-34(48)24-47)36-11-8-32(36)23-49-25-40(14-5-7-30-20-33(43)10-12-35(30)40)27-54-38-13-9-31(21-37(38)49)39(50)46-55(51,52)29(28)2/h2*4,9-10,12-13,15,20-21,28-29,32,34,36H,5-8,11,14,16-19,22-27H2,1-3H3,(H,46,50)/b2*15-4+/t28-,29+,32-,34+,36+,40-,41+;28-,29+,32-,34-,36+,40-,41+/m00/s1. The van der Waals surface area contributed by atoms with E-state index in [-0.39, 0.29) is 95.2 Å². The highest BCUT2D eigenvalue weighted by Crippen LogP contribution is 2.53. The number of hydrogen-bond acceptors (Lipinski definition) is 16. The number of nitrogens with zero attached hydrogens (tertiary/aromatic N) is 6. The molecular weight excluding hydrogens is 1490 g/mol. The Bertz CT molecular complexity index is 4140. The number of halogens is 6. The molecule has 12 aliphatic rings. The number of rotatable bonds is 6. The van der Waals surface area contributed by atoms with Gasteiger partial charge in [0.25, 0.3) is 23.7 Å². The van der Waals surface area contributed by atoms with E-state index in [4.69, 9.17) is 42.1 Å². The van der Waals surface area contributed by atoms with Crippen LogP contribution in [0.1, 0.15) is 161 Å². The Morgan fingerprint density at radius 1 is 0.527 bits per heavy atom. The molecule has 0 unspecified atom stereocenters. The van der Waals surface area contributed by atoms with E-state index in [1.54, 1.807) is 64.5 Å². The summed E-state index contributed by atoms with van der Waals surface area (Å²) in [5, 5.41) is -0.256. The van der Waals surface area contributed by atoms with E-state index < -0.39 is 65.4 Å². The number of ether oxygens (including phenoxy) is 4. The molecular formula is C84H110Cl2F4N8O10S2. The molecule has 16 rings (SSSR count). The third kappa shape index (κ3) is 16.0. The number of sulfonamides is 2. The summed E-state index contributed by atoms with van der Waals surface area (Å²) in [5.74, 6) is -5.18. The van der Waals surface area contributed by atoms with Crippen LogP contribution in [0, 0.1) is 35.5 Å². The smallest absolute Gasteiger partial charge is 0.264 e. The third-order valence-electron chi connectivity index (χ3n) is 28.1. The fourth-order valence-corrected chi connectivity index (χ4v) is 24.0. The minimum atomic E-state index is -4.02. The van der Waals surface area contributed by atoms with Crippen molar-refractivity contribution in [2.24, 2.45) is 35.5 Å². The summed E-state index contributed by atoms with van der Waals surface area (Å²) in [6, 6.07) is 22.5. The topological polar surface area (TPSA) is 183 Å². The van der Waals surface area contributed by atoms with Gasteiger partial charge in [0, 0.05) is 176 Å². The predicted molar refractivity (Wildman–Crippen MR) is 422 cm³/mol. The summed E-state index contributed by atoms with van der Waals surface area (Å²) < 4.78 is 144. The van der Waals surface area contributed by atoms with E-state index in [0.717, 1.165) is 102 Å². The minimum Gasteiger partial charge on any atom is -0.490 e. The number of methoxy groups -OCH3 is 2. The average Bonchev–Trinajstić information content (AvgIpc) is 1.41. The maximum Gasteiger partial charge on any atom is 0.264 e. The van der Waals surface area contributed by atoms with Crippen LogP contribution in [0.4, 0.5) is 28.9 Å². The van der Waals surface area contributed by atoms with E-state index in [0.29, 0.717) is 113 Å². The van der Waals surface area contributed by atoms with Crippen LogP contribution in [-0.4, -0.2) is 213 Å². The first kappa shape index (κ1) is 79.7. The maximum absolute atomic E-state index is 14.6. The molecule has 18 nitrogen and oxygen atoms in total. The number of aryl methyl sites for hydroxylation is 2. The second kappa shape index (κ2) is 31.2. The van der Waals surface area contributed by atoms with Gasteiger partial charge in [-0.2, -0.15) is 0 Å². The van der Waals surface area contributed by atoms with E-state index >= 15 is 0 Å². The third-order valence-corrected chi connectivity index (χ3v) is 32.4. The number of piperazine rings is 2. The van der Waals surface area contributed by atoms with Crippen LogP contribution < -0.4 is 28.7 Å². The second-order valence-electron chi connectivity index (χ2n) is 34.8. The van der Waals surface area contributed by atoms with Crippen LogP contribution in [0.2, 0.25) is 10.0 Å². The molecule has 0 aromatic heterocycles. The lowest BCUT2D eigenvalue weighted by Gasteiger charge is -2.53. The van der Waals surface area contributed by atoms with Crippen molar-refractivity contribution >= 4 is 66.4 Å². The number of anilines is 2. The number of amides is 2. The van der Waals surface area contributed by atoms with Crippen LogP contribution in [0.15, 0.2) is 97.1 Å². The highest BCUT2D eigenvalue weighted by molar-refractivity contribution is 7.91. The van der Waals surface area contributed by atoms with Crippen molar-refractivity contribution in [1.82, 2.24) is 29.0 Å². The number of hydrogen-bond donors (Lipinski definition) is 2. The van der Waals surface area contributed by atoms with Gasteiger partial charge in [0.15, 0.2) is 0 Å². The maximum atomic E-state index is 14.6. The molecule has 4 aromatic carbocycles. The lowest BCUT2D eigenvalue weighted by molar-refractivity contribution is -0.119. The molecule has 600 valence electrons. The lowest BCUT2D eigenvalue weighted by atomic mass is 9.63. The summed E-state index contributed by atoms with van der Waals surface area (Å²) in [5.41, 5.74) is 4.94. The first-order chi connectivity index (χ1) is 52.4. The fourth-order valence-electron chi connectivity index (χ4n) is 21.0. The number of benzene rings is 4.